The summed E-state index contributed by atoms with van der Waals surface area (Å²) in [4.78, 5) is 0. The van der Waals surface area contributed by atoms with Gasteiger partial charge in [-0.2, -0.15) is 0 Å². The van der Waals surface area contributed by atoms with Gasteiger partial charge in [0.25, 0.3) is 0 Å². The van der Waals surface area contributed by atoms with Gasteiger partial charge in [-0.1, -0.05) is 0 Å². The van der Waals surface area contributed by atoms with Crippen molar-refractivity contribution < 1.29 is 0 Å². The molecule has 0 N–H and O–H groups in total. The molecule has 0 rings (SSSR count). The molecule has 6 heavy (non-hydrogen) atoms. The van der Waals surface area contributed by atoms with Gasteiger partial charge in [0.1, 0.15) is 0 Å². The van der Waals surface area contributed by atoms with E-state index in [1.165, 1.54) is 37.2 Å². The summed E-state index contributed by atoms with van der Waals surface area (Å²) in [5.74, 6) is 0. The van der Waals surface area contributed by atoms with Crippen LogP contribution in [0.5, 0.6) is 0 Å². The molecule has 1 heteroatoms. The monoisotopic (exact) mass is 92.1 g/mol. The minimum atomic E-state index is 1.31. The Hall–Kier alpha value is 0.740. The molecule has 0 unspecified atom stereocenters. The fourth-order valence-electron chi connectivity index (χ4n) is 0.408. The Kier molecular flexibility index (Phi) is 4.40. The molecule has 0 radical (unpaired) electrons. The summed E-state index contributed by atoms with van der Waals surface area (Å²) in [5.41, 5.74) is 1.45. The molecule has 0 saturated carbocycles. The van der Waals surface area contributed by atoms with Crippen LogP contribution >= 0.6 is 0 Å². The van der Waals surface area contributed by atoms with E-state index >= 15 is 0 Å². The maximum absolute atomic E-state index is 2.27. The summed E-state index contributed by atoms with van der Waals surface area (Å²) in [5, 5.41) is 0. The third-order valence-electron chi connectivity index (χ3n) is 0.612. The van der Waals surface area contributed by atoms with Crippen molar-refractivity contribution in [2.24, 2.45) is 0 Å². The average Bonchev–Trinajstić information content (AvgIpc) is 1.35. The zero-order valence-corrected chi connectivity index (χ0v) is 6.78. The first-order valence-corrected chi connectivity index (χ1v) is 3.82. The van der Waals surface area contributed by atoms with E-state index < -0.39 is 0 Å². The molecule has 0 aromatic carbocycles. The number of allylic oxidation sites excluding steroid dienone is 2. The zero-order valence-electron chi connectivity index (χ0n) is 4.78. The topological polar surface area (TPSA) is 0 Å². The van der Waals surface area contributed by atoms with Gasteiger partial charge in [-0.25, -0.2) is 0 Å². The number of hydrogen-bond donors (Lipinski definition) is 0. The van der Waals surface area contributed by atoms with Crippen LogP contribution in [0, 0.1) is 0 Å². The van der Waals surface area contributed by atoms with E-state index in [9.17, 15) is 0 Å². The van der Waals surface area contributed by atoms with Crippen LogP contribution in [0.25, 0.3) is 0 Å². The van der Waals surface area contributed by atoms with Crippen molar-refractivity contribution in [1.29, 1.82) is 0 Å². The van der Waals surface area contributed by atoms with Crippen LogP contribution in [0.4, 0.5) is 0 Å². The Balaban J connectivity index is 3.14. The molecule has 0 bridgehead atoms. The van der Waals surface area contributed by atoms with E-state index in [-0.39, 0.29) is 0 Å². The predicted octanol–water partition coefficient (Wildman–Crippen LogP) is 1.54. The number of hydrogen-bond acceptors (Lipinski definition) is 0. The Bertz CT molecular complexity index is 51.0. The Morgan fingerprint density at radius 2 is 2.17 bits per heavy atom. The Morgan fingerprint density at radius 3 is 2.17 bits per heavy atom. The normalized spacial score (nSPS) is 8.00. The van der Waals surface area contributed by atoms with Gasteiger partial charge in [0.15, 0.2) is 0 Å². The van der Waals surface area contributed by atoms with Crippen LogP contribution in [0.2, 0.25) is 3.67 Å². The molecule has 0 aromatic rings. The third kappa shape index (κ3) is 4.74. The summed E-state index contributed by atoms with van der Waals surface area (Å²) in [6.45, 7) is 4.27. The summed E-state index contributed by atoms with van der Waals surface area (Å²) < 4.78 is 1.31. The fraction of sp³-hybridized carbons (Fsp3) is 0.600. The molecular formula is C5H9Na. The summed E-state index contributed by atoms with van der Waals surface area (Å²) in [7, 11) is 0. The number of rotatable bonds is 1. The van der Waals surface area contributed by atoms with E-state index in [1.54, 1.807) is 0 Å². The standard InChI is InChI=1S/C5H9.Na/c1-4-5(2)3;/h4H,1H2,2-3H3;. The second kappa shape index (κ2) is 3.91. The first-order chi connectivity index (χ1) is 2.77. The van der Waals surface area contributed by atoms with Gasteiger partial charge in [-0.15, -0.1) is 0 Å². The van der Waals surface area contributed by atoms with Gasteiger partial charge < -0.3 is 0 Å². The van der Waals surface area contributed by atoms with Crippen molar-refractivity contribution >= 4 is 27.9 Å². The van der Waals surface area contributed by atoms with Gasteiger partial charge in [0.05, 0.1) is 0 Å². The van der Waals surface area contributed by atoms with Gasteiger partial charge in [-0.3, -0.25) is 0 Å². The molecule has 0 aliphatic carbocycles. The zero-order chi connectivity index (χ0) is 4.99. The quantitative estimate of drug-likeness (QED) is 0.340. The third-order valence-corrected chi connectivity index (χ3v) is 1.02. The van der Waals surface area contributed by atoms with Crippen molar-refractivity contribution in [1.82, 2.24) is 0 Å². The average molecular weight is 92.1 g/mol. The first kappa shape index (κ1) is 6.74. The molecule has 0 spiro atoms. The molecule has 0 aliphatic heterocycles. The molecule has 0 amide bonds. The second-order valence-corrected chi connectivity index (χ2v) is 2.51. The molecule has 0 atom stereocenters. The summed E-state index contributed by atoms with van der Waals surface area (Å²) in [6.07, 6.45) is 2.27. The van der Waals surface area contributed by atoms with Gasteiger partial charge >= 0.3 is 57.1 Å². The van der Waals surface area contributed by atoms with E-state index in [1.807, 2.05) is 0 Å². The summed E-state index contributed by atoms with van der Waals surface area (Å²) >= 11 is 1.31. The summed E-state index contributed by atoms with van der Waals surface area (Å²) in [6, 6.07) is 0. The van der Waals surface area contributed by atoms with Crippen molar-refractivity contribution in [2.45, 2.75) is 17.5 Å². The molecule has 0 saturated heterocycles. The molecule has 0 fully saturated rings. The Labute approximate surface area is 57.0 Å². The van der Waals surface area contributed by atoms with Gasteiger partial charge in [0.2, 0.25) is 0 Å². The SMILES string of the molecule is CC(C)=C[CH2][Na]. The van der Waals surface area contributed by atoms with Crippen molar-refractivity contribution in [3.63, 3.8) is 0 Å². The van der Waals surface area contributed by atoms with Gasteiger partial charge in [-0.05, 0) is 0 Å². The van der Waals surface area contributed by atoms with Crippen molar-refractivity contribution in [2.75, 3.05) is 0 Å². The van der Waals surface area contributed by atoms with E-state index in [4.69, 9.17) is 0 Å². The molecule has 0 nitrogen and oxygen atoms in total. The van der Waals surface area contributed by atoms with Crippen LogP contribution < -0.4 is 0 Å². The predicted molar refractivity (Wildman–Crippen MR) is 30.0 cm³/mol. The second-order valence-electron chi connectivity index (χ2n) is 1.69. The van der Waals surface area contributed by atoms with Crippen LogP contribution in [-0.4, -0.2) is 27.9 Å². The van der Waals surface area contributed by atoms with Crippen LogP contribution in [0.3, 0.4) is 0 Å². The maximum atomic E-state index is 2.27. The molecular weight excluding hydrogens is 83.0 g/mol. The van der Waals surface area contributed by atoms with Crippen molar-refractivity contribution in [3.8, 4) is 0 Å². The van der Waals surface area contributed by atoms with Crippen LogP contribution in [0.15, 0.2) is 11.6 Å². The molecule has 30 valence electrons. The van der Waals surface area contributed by atoms with Crippen LogP contribution in [0.1, 0.15) is 13.8 Å². The first-order valence-electron chi connectivity index (χ1n) is 2.40. The molecule has 0 heterocycles. The van der Waals surface area contributed by atoms with E-state index in [0.29, 0.717) is 0 Å². The fourth-order valence-corrected chi connectivity index (χ4v) is 1.22. The van der Waals surface area contributed by atoms with Crippen molar-refractivity contribution in [3.05, 3.63) is 11.6 Å². The van der Waals surface area contributed by atoms with Gasteiger partial charge in [0, 0.05) is 0 Å². The minimum absolute atomic E-state index is 1.31. The molecule has 0 aromatic heterocycles. The van der Waals surface area contributed by atoms with E-state index in [0.717, 1.165) is 0 Å². The van der Waals surface area contributed by atoms with E-state index in [2.05, 4.69) is 19.9 Å². The van der Waals surface area contributed by atoms with Crippen LogP contribution in [-0.2, 0) is 0 Å². The Morgan fingerprint density at radius 1 is 1.67 bits per heavy atom. The molecule has 0 aliphatic rings.